The van der Waals surface area contributed by atoms with E-state index in [2.05, 4.69) is 31.2 Å². The summed E-state index contributed by atoms with van der Waals surface area (Å²) in [6, 6.07) is 12.5. The van der Waals surface area contributed by atoms with Gasteiger partial charge in [-0.25, -0.2) is 10.2 Å². The van der Waals surface area contributed by atoms with Crippen LogP contribution in [0.25, 0.3) is 0 Å². The lowest BCUT2D eigenvalue weighted by Crippen LogP contribution is -2.18. The number of amides is 1. The summed E-state index contributed by atoms with van der Waals surface area (Å²) in [5.74, 6) is -0.227. The molecular weight excluding hydrogens is 388 g/mol. The number of methoxy groups -OCH3 is 1. The molecule has 6 nitrogen and oxygen atoms in total. The molecule has 7 heteroatoms. The number of halogens is 1. The Hall–Kier alpha value is -2.67. The summed E-state index contributed by atoms with van der Waals surface area (Å²) in [7, 11) is 1.30. The zero-order valence-electron chi connectivity index (χ0n) is 13.8. The van der Waals surface area contributed by atoms with Crippen LogP contribution in [-0.4, -0.2) is 31.8 Å². The zero-order chi connectivity index (χ0) is 18.2. The monoisotopic (exact) mass is 404 g/mol. The molecule has 0 fully saturated rings. The SMILES string of the molecule is COC(=O)COc1ccc(C=NNC(=O)c2ccccc2C)cc1Br. The smallest absolute Gasteiger partial charge is 0.343 e. The fourth-order valence-electron chi connectivity index (χ4n) is 1.96. The fraction of sp³-hybridized carbons (Fsp3) is 0.167. The van der Waals surface area contributed by atoms with Crippen LogP contribution in [0.4, 0.5) is 0 Å². The molecular formula is C18H17BrN2O4. The zero-order valence-corrected chi connectivity index (χ0v) is 15.4. The van der Waals surface area contributed by atoms with E-state index in [4.69, 9.17) is 4.74 Å². The number of hydrazone groups is 1. The molecule has 0 unspecified atom stereocenters. The van der Waals surface area contributed by atoms with E-state index in [1.54, 1.807) is 30.3 Å². The number of nitrogens with zero attached hydrogens (tertiary/aromatic N) is 1. The Morgan fingerprint density at radius 1 is 1.24 bits per heavy atom. The number of benzene rings is 2. The van der Waals surface area contributed by atoms with Gasteiger partial charge in [0.25, 0.3) is 5.91 Å². The first-order valence-electron chi connectivity index (χ1n) is 7.39. The molecule has 0 saturated carbocycles. The Morgan fingerprint density at radius 2 is 2.00 bits per heavy atom. The van der Waals surface area contributed by atoms with Crippen molar-refractivity contribution < 1.29 is 19.1 Å². The Labute approximate surface area is 154 Å². The lowest BCUT2D eigenvalue weighted by molar-refractivity contribution is -0.142. The molecule has 0 aromatic heterocycles. The number of ether oxygens (including phenoxy) is 2. The predicted octanol–water partition coefficient (Wildman–Crippen LogP) is 3.07. The molecule has 1 N–H and O–H groups in total. The van der Waals surface area contributed by atoms with E-state index in [0.717, 1.165) is 11.1 Å². The summed E-state index contributed by atoms with van der Waals surface area (Å²) in [6.45, 7) is 1.69. The molecule has 25 heavy (non-hydrogen) atoms. The molecule has 0 aliphatic rings. The standard InChI is InChI=1S/C18H17BrN2O4/c1-12-5-3-4-6-14(12)18(23)21-20-10-13-7-8-16(15(19)9-13)25-11-17(22)24-2/h3-10H,11H2,1-2H3,(H,21,23). The second-order valence-corrected chi connectivity index (χ2v) is 5.92. The summed E-state index contributed by atoms with van der Waals surface area (Å²) in [5.41, 5.74) is 4.70. The second kappa shape index (κ2) is 8.98. The first kappa shape index (κ1) is 18.7. The van der Waals surface area contributed by atoms with E-state index in [-0.39, 0.29) is 12.5 Å². The van der Waals surface area contributed by atoms with Crippen molar-refractivity contribution in [3.63, 3.8) is 0 Å². The number of aryl methyl sites for hydroxylation is 1. The van der Waals surface area contributed by atoms with Crippen LogP contribution < -0.4 is 10.2 Å². The average molecular weight is 405 g/mol. The van der Waals surface area contributed by atoms with Crippen LogP contribution in [0.15, 0.2) is 52.0 Å². The Balaban J connectivity index is 1.97. The van der Waals surface area contributed by atoms with Gasteiger partial charge < -0.3 is 9.47 Å². The van der Waals surface area contributed by atoms with E-state index in [0.29, 0.717) is 15.8 Å². The number of rotatable bonds is 6. The van der Waals surface area contributed by atoms with Crippen molar-refractivity contribution in [2.24, 2.45) is 5.10 Å². The molecule has 130 valence electrons. The summed E-state index contributed by atoms with van der Waals surface area (Å²) in [4.78, 5) is 23.1. The largest absolute Gasteiger partial charge is 0.481 e. The highest BCUT2D eigenvalue weighted by molar-refractivity contribution is 9.10. The lowest BCUT2D eigenvalue weighted by Gasteiger charge is -2.07. The third-order valence-corrected chi connectivity index (χ3v) is 3.92. The number of esters is 1. The van der Waals surface area contributed by atoms with Gasteiger partial charge in [-0.15, -0.1) is 0 Å². The van der Waals surface area contributed by atoms with E-state index in [1.807, 2.05) is 19.1 Å². The maximum Gasteiger partial charge on any atom is 0.343 e. The first-order valence-corrected chi connectivity index (χ1v) is 8.18. The van der Waals surface area contributed by atoms with Gasteiger partial charge >= 0.3 is 5.97 Å². The van der Waals surface area contributed by atoms with Gasteiger partial charge in [0.05, 0.1) is 17.8 Å². The highest BCUT2D eigenvalue weighted by Crippen LogP contribution is 2.25. The van der Waals surface area contributed by atoms with E-state index in [1.165, 1.54) is 13.3 Å². The molecule has 2 rings (SSSR count). The summed E-state index contributed by atoms with van der Waals surface area (Å²) < 4.78 is 10.5. The molecule has 1 amide bonds. The van der Waals surface area contributed by atoms with Gasteiger partial charge in [-0.3, -0.25) is 4.79 Å². The van der Waals surface area contributed by atoms with Crippen molar-refractivity contribution in [1.82, 2.24) is 5.43 Å². The molecule has 0 aliphatic carbocycles. The van der Waals surface area contributed by atoms with Gasteiger partial charge in [0.15, 0.2) is 6.61 Å². The topological polar surface area (TPSA) is 77.0 Å². The van der Waals surface area contributed by atoms with Gasteiger partial charge in [0, 0.05) is 5.56 Å². The maximum absolute atomic E-state index is 12.1. The molecule has 0 bridgehead atoms. The Morgan fingerprint density at radius 3 is 2.68 bits per heavy atom. The maximum atomic E-state index is 12.1. The van der Waals surface area contributed by atoms with Gasteiger partial charge in [0.1, 0.15) is 5.75 Å². The number of hydrogen-bond donors (Lipinski definition) is 1. The van der Waals surface area contributed by atoms with Crippen molar-refractivity contribution >= 4 is 34.0 Å². The predicted molar refractivity (Wildman–Crippen MR) is 97.9 cm³/mol. The van der Waals surface area contributed by atoms with E-state index >= 15 is 0 Å². The van der Waals surface area contributed by atoms with Crippen LogP contribution in [0.2, 0.25) is 0 Å². The van der Waals surface area contributed by atoms with Gasteiger partial charge in [-0.2, -0.15) is 5.10 Å². The third-order valence-electron chi connectivity index (χ3n) is 3.30. The number of carbonyl (C=O) groups is 2. The number of nitrogens with one attached hydrogen (secondary N) is 1. The minimum absolute atomic E-state index is 0.172. The first-order chi connectivity index (χ1) is 12.0. The molecule has 0 aliphatic heterocycles. The van der Waals surface area contributed by atoms with Crippen LogP contribution in [0.1, 0.15) is 21.5 Å². The molecule has 0 radical (unpaired) electrons. The van der Waals surface area contributed by atoms with Crippen LogP contribution >= 0.6 is 15.9 Å². The third kappa shape index (κ3) is 5.42. The summed E-state index contributed by atoms with van der Waals surface area (Å²) >= 11 is 3.36. The van der Waals surface area contributed by atoms with Gasteiger partial charge in [-0.05, 0) is 58.2 Å². The van der Waals surface area contributed by atoms with Crippen LogP contribution in [0.5, 0.6) is 5.75 Å². The van der Waals surface area contributed by atoms with Gasteiger partial charge in [-0.1, -0.05) is 18.2 Å². The van der Waals surface area contributed by atoms with Crippen molar-refractivity contribution in [1.29, 1.82) is 0 Å². The Bertz CT molecular complexity index is 805. The quantitative estimate of drug-likeness (QED) is 0.455. The van der Waals surface area contributed by atoms with Crippen molar-refractivity contribution in [3.05, 3.63) is 63.6 Å². The van der Waals surface area contributed by atoms with E-state index < -0.39 is 5.97 Å². The molecule has 0 heterocycles. The van der Waals surface area contributed by atoms with Crippen LogP contribution in [0, 0.1) is 6.92 Å². The van der Waals surface area contributed by atoms with Crippen molar-refractivity contribution in [2.45, 2.75) is 6.92 Å². The summed E-state index contributed by atoms with van der Waals surface area (Å²) in [6.07, 6.45) is 1.52. The molecule has 0 atom stereocenters. The lowest BCUT2D eigenvalue weighted by atomic mass is 10.1. The molecule has 0 saturated heterocycles. The van der Waals surface area contributed by atoms with Gasteiger partial charge in [0.2, 0.25) is 0 Å². The minimum Gasteiger partial charge on any atom is -0.481 e. The Kier molecular flexibility index (Phi) is 6.71. The normalized spacial score (nSPS) is 10.5. The van der Waals surface area contributed by atoms with E-state index in [9.17, 15) is 9.59 Å². The molecule has 2 aromatic carbocycles. The number of carbonyl (C=O) groups excluding carboxylic acids is 2. The minimum atomic E-state index is -0.462. The van der Waals surface area contributed by atoms with Crippen LogP contribution in [0.3, 0.4) is 0 Å². The fourth-order valence-corrected chi connectivity index (χ4v) is 2.47. The highest BCUT2D eigenvalue weighted by Gasteiger charge is 2.07. The molecule has 0 spiro atoms. The van der Waals surface area contributed by atoms with Crippen molar-refractivity contribution in [3.8, 4) is 5.75 Å². The second-order valence-electron chi connectivity index (χ2n) is 5.07. The van der Waals surface area contributed by atoms with Crippen molar-refractivity contribution in [2.75, 3.05) is 13.7 Å². The highest BCUT2D eigenvalue weighted by atomic mass is 79.9. The molecule has 2 aromatic rings. The summed E-state index contributed by atoms with van der Waals surface area (Å²) in [5, 5.41) is 3.96. The van der Waals surface area contributed by atoms with Crippen LogP contribution in [-0.2, 0) is 9.53 Å². The average Bonchev–Trinajstić information content (AvgIpc) is 2.61. The number of hydrogen-bond acceptors (Lipinski definition) is 5.